The predicted molar refractivity (Wildman–Crippen MR) is 96.6 cm³/mol. The first kappa shape index (κ1) is 18.5. The van der Waals surface area contributed by atoms with E-state index in [-0.39, 0.29) is 11.4 Å². The van der Waals surface area contributed by atoms with E-state index in [1.807, 2.05) is 26.8 Å². The smallest absolute Gasteiger partial charge is 0.277 e. The Hall–Kier alpha value is -1.86. The number of nitrogens with one attached hydrogen (secondary N) is 1. The third-order valence-electron chi connectivity index (χ3n) is 3.41. The minimum Gasteiger partial charge on any atom is -0.496 e. The Bertz CT molecular complexity index is 735. The minimum atomic E-state index is -0.279. The maximum Gasteiger partial charge on any atom is 0.277 e. The van der Waals surface area contributed by atoms with Crippen LogP contribution in [0.4, 0.5) is 5.69 Å². The maximum atomic E-state index is 12.5. The van der Waals surface area contributed by atoms with Crippen molar-refractivity contribution in [3.05, 3.63) is 40.1 Å². The van der Waals surface area contributed by atoms with Crippen LogP contribution in [0, 0.1) is 0 Å². The molecule has 0 fully saturated rings. The molecule has 0 saturated carbocycles. The van der Waals surface area contributed by atoms with Gasteiger partial charge in [-0.3, -0.25) is 9.48 Å². The number of hydrogen-bond acceptors (Lipinski definition) is 4. The summed E-state index contributed by atoms with van der Waals surface area (Å²) in [5, 5.41) is 7.24. The number of ether oxygens (including phenoxy) is 2. The zero-order valence-electron chi connectivity index (χ0n) is 14.5. The molecule has 2 rings (SSSR count). The number of hydrogen-bond donors (Lipinski definition) is 1. The molecule has 0 bridgehead atoms. The van der Waals surface area contributed by atoms with Crippen LogP contribution >= 0.6 is 15.9 Å². The van der Waals surface area contributed by atoms with E-state index in [9.17, 15) is 4.79 Å². The van der Waals surface area contributed by atoms with E-state index in [2.05, 4.69) is 26.3 Å². The summed E-state index contributed by atoms with van der Waals surface area (Å²) in [4.78, 5) is 12.5. The Morgan fingerprint density at radius 2 is 2.04 bits per heavy atom. The number of anilines is 1. The lowest BCUT2D eigenvalue weighted by atomic mass is 10.1. The molecule has 130 valence electrons. The zero-order valence-corrected chi connectivity index (χ0v) is 16.1. The van der Waals surface area contributed by atoms with Gasteiger partial charge in [0, 0.05) is 24.6 Å². The predicted octanol–water partition coefficient (Wildman–Crippen LogP) is 3.81. The molecule has 1 amide bonds. The van der Waals surface area contributed by atoms with Crippen LogP contribution < -0.4 is 10.1 Å². The molecular formula is C17H22BrN3O3. The van der Waals surface area contributed by atoms with Crippen LogP contribution in [0.25, 0.3) is 0 Å². The number of methoxy groups -OCH3 is 2. The van der Waals surface area contributed by atoms with Gasteiger partial charge < -0.3 is 14.8 Å². The first-order valence-electron chi connectivity index (χ1n) is 7.49. The molecule has 7 heteroatoms. The van der Waals surface area contributed by atoms with E-state index in [0.29, 0.717) is 28.2 Å². The van der Waals surface area contributed by atoms with Crippen molar-refractivity contribution in [2.75, 3.05) is 19.5 Å². The first-order chi connectivity index (χ1) is 11.3. The topological polar surface area (TPSA) is 65.4 Å². The minimum absolute atomic E-state index is 0.202. The number of carbonyl (C=O) groups excluding carboxylic acids is 1. The lowest BCUT2D eigenvalue weighted by Crippen LogP contribution is -2.23. The second-order valence-corrected chi connectivity index (χ2v) is 7.21. The SMILES string of the molecule is COCc1cc(NC(=O)c2nn(C(C)(C)C)cc2Br)ccc1OC. The molecule has 0 atom stereocenters. The van der Waals surface area contributed by atoms with E-state index in [1.165, 1.54) is 0 Å². The Kier molecular flexibility index (Phi) is 5.66. The summed E-state index contributed by atoms with van der Waals surface area (Å²) in [5.41, 5.74) is 1.66. The van der Waals surface area contributed by atoms with Crippen molar-refractivity contribution >= 4 is 27.5 Å². The molecule has 0 saturated heterocycles. The van der Waals surface area contributed by atoms with Crippen LogP contribution in [-0.4, -0.2) is 29.9 Å². The third-order valence-corrected chi connectivity index (χ3v) is 3.99. The van der Waals surface area contributed by atoms with Gasteiger partial charge in [0.05, 0.1) is 23.7 Å². The van der Waals surface area contributed by atoms with Crippen molar-refractivity contribution in [3.63, 3.8) is 0 Å². The molecule has 0 aliphatic carbocycles. The second-order valence-electron chi connectivity index (χ2n) is 6.35. The average molecular weight is 396 g/mol. The van der Waals surface area contributed by atoms with E-state index in [0.717, 1.165) is 5.56 Å². The molecular weight excluding hydrogens is 374 g/mol. The van der Waals surface area contributed by atoms with Gasteiger partial charge in [0.1, 0.15) is 5.75 Å². The van der Waals surface area contributed by atoms with E-state index < -0.39 is 0 Å². The quantitative estimate of drug-likeness (QED) is 0.835. The Morgan fingerprint density at radius 1 is 1.33 bits per heavy atom. The largest absolute Gasteiger partial charge is 0.496 e. The van der Waals surface area contributed by atoms with Crippen LogP contribution in [0.2, 0.25) is 0 Å². The van der Waals surface area contributed by atoms with Crippen LogP contribution in [0.15, 0.2) is 28.9 Å². The molecule has 1 aromatic heterocycles. The summed E-state index contributed by atoms with van der Waals surface area (Å²) in [6.45, 7) is 6.47. The highest BCUT2D eigenvalue weighted by Gasteiger charge is 2.21. The van der Waals surface area contributed by atoms with Crippen molar-refractivity contribution in [3.8, 4) is 5.75 Å². The summed E-state index contributed by atoms with van der Waals surface area (Å²) in [7, 11) is 3.21. The van der Waals surface area contributed by atoms with Crippen LogP contribution in [-0.2, 0) is 16.9 Å². The van der Waals surface area contributed by atoms with E-state index in [4.69, 9.17) is 9.47 Å². The van der Waals surface area contributed by atoms with Crippen LogP contribution in [0.5, 0.6) is 5.75 Å². The molecule has 0 spiro atoms. The van der Waals surface area contributed by atoms with Crippen LogP contribution in [0.1, 0.15) is 36.8 Å². The number of amides is 1. The summed E-state index contributed by atoms with van der Waals surface area (Å²) in [6, 6.07) is 5.41. The van der Waals surface area contributed by atoms with Crippen molar-refractivity contribution in [1.82, 2.24) is 9.78 Å². The molecule has 0 unspecified atom stereocenters. The Labute approximate surface area is 150 Å². The number of aromatic nitrogens is 2. The highest BCUT2D eigenvalue weighted by molar-refractivity contribution is 9.10. The molecule has 2 aromatic rings. The van der Waals surface area contributed by atoms with Crippen molar-refractivity contribution in [1.29, 1.82) is 0 Å². The van der Waals surface area contributed by atoms with E-state index >= 15 is 0 Å². The molecule has 1 heterocycles. The fraction of sp³-hybridized carbons (Fsp3) is 0.412. The lowest BCUT2D eigenvalue weighted by molar-refractivity contribution is 0.102. The van der Waals surface area contributed by atoms with Gasteiger partial charge in [-0.15, -0.1) is 0 Å². The molecule has 1 aromatic carbocycles. The summed E-state index contributed by atoms with van der Waals surface area (Å²) < 4.78 is 12.9. The van der Waals surface area contributed by atoms with Gasteiger partial charge in [-0.05, 0) is 54.9 Å². The molecule has 6 nitrogen and oxygen atoms in total. The van der Waals surface area contributed by atoms with Gasteiger partial charge in [-0.2, -0.15) is 5.10 Å². The highest BCUT2D eigenvalue weighted by Crippen LogP contribution is 2.25. The fourth-order valence-electron chi connectivity index (χ4n) is 2.17. The summed E-state index contributed by atoms with van der Waals surface area (Å²) >= 11 is 3.40. The van der Waals surface area contributed by atoms with Gasteiger partial charge in [0.2, 0.25) is 0 Å². The van der Waals surface area contributed by atoms with Crippen LogP contribution in [0.3, 0.4) is 0 Å². The summed E-state index contributed by atoms with van der Waals surface area (Å²) in [6.07, 6.45) is 1.80. The molecule has 1 N–H and O–H groups in total. The van der Waals surface area contributed by atoms with Gasteiger partial charge in [0.25, 0.3) is 5.91 Å². The molecule has 24 heavy (non-hydrogen) atoms. The maximum absolute atomic E-state index is 12.5. The van der Waals surface area contributed by atoms with Gasteiger partial charge >= 0.3 is 0 Å². The third kappa shape index (κ3) is 4.15. The number of nitrogens with zero attached hydrogens (tertiary/aromatic N) is 2. The Morgan fingerprint density at radius 3 is 2.58 bits per heavy atom. The van der Waals surface area contributed by atoms with Gasteiger partial charge in [-0.1, -0.05) is 0 Å². The standard InChI is InChI=1S/C17H22BrN3O3/c1-17(2,3)21-9-13(18)15(20-21)16(22)19-12-6-7-14(24-5)11(8-12)10-23-4/h6-9H,10H2,1-5H3,(H,19,22). The molecule has 0 radical (unpaired) electrons. The highest BCUT2D eigenvalue weighted by atomic mass is 79.9. The van der Waals surface area contributed by atoms with Crippen molar-refractivity contribution < 1.29 is 14.3 Å². The van der Waals surface area contributed by atoms with E-state index in [1.54, 1.807) is 37.2 Å². The zero-order chi connectivity index (χ0) is 17.9. The number of carbonyl (C=O) groups is 1. The first-order valence-corrected chi connectivity index (χ1v) is 8.28. The van der Waals surface area contributed by atoms with Gasteiger partial charge in [0.15, 0.2) is 5.69 Å². The molecule has 0 aliphatic heterocycles. The normalized spacial score (nSPS) is 11.4. The van der Waals surface area contributed by atoms with Gasteiger partial charge in [-0.25, -0.2) is 0 Å². The lowest BCUT2D eigenvalue weighted by Gasteiger charge is -2.18. The number of benzene rings is 1. The second kappa shape index (κ2) is 7.36. The number of halogens is 1. The summed E-state index contributed by atoms with van der Waals surface area (Å²) in [5.74, 6) is 0.437. The number of rotatable bonds is 5. The Balaban J connectivity index is 2.24. The fourth-order valence-corrected chi connectivity index (χ4v) is 2.62. The molecule has 0 aliphatic rings. The van der Waals surface area contributed by atoms with Crippen molar-refractivity contribution in [2.24, 2.45) is 0 Å². The average Bonchev–Trinajstić information content (AvgIpc) is 2.90. The van der Waals surface area contributed by atoms with Crippen molar-refractivity contribution in [2.45, 2.75) is 32.9 Å². The monoisotopic (exact) mass is 395 g/mol.